The van der Waals surface area contributed by atoms with Gasteiger partial charge in [0.2, 0.25) is 0 Å². The van der Waals surface area contributed by atoms with Gasteiger partial charge < -0.3 is 5.84 Å². The third kappa shape index (κ3) is 1.95. The molecule has 5 nitrogen and oxygen atoms in total. The number of nitrogens with two attached hydrogens (primary N) is 1. The van der Waals surface area contributed by atoms with Crippen molar-refractivity contribution in [1.29, 1.82) is 0 Å². The average Bonchev–Trinajstić information content (AvgIpc) is 2.63. The summed E-state index contributed by atoms with van der Waals surface area (Å²) in [5, 5.41) is 7.35. The van der Waals surface area contributed by atoms with Crippen LogP contribution in [-0.4, -0.2) is 21.3 Å². The van der Waals surface area contributed by atoms with E-state index in [9.17, 15) is 0 Å². The molecule has 0 atom stereocenters. The van der Waals surface area contributed by atoms with Gasteiger partial charge in [0, 0.05) is 0 Å². The molecule has 2 N–H and O–H groups in total. The second-order valence-electron chi connectivity index (χ2n) is 2.72. The minimum Gasteiger partial charge on any atom is -0.322 e. The summed E-state index contributed by atoms with van der Waals surface area (Å²) in [7, 11) is 0. The van der Waals surface area contributed by atoms with Gasteiger partial charge >= 0.3 is 0 Å². The zero-order valence-electron chi connectivity index (χ0n) is 7.41. The summed E-state index contributed by atoms with van der Waals surface area (Å²) in [6.07, 6.45) is 3.21. The molecule has 2 aromatic rings. The summed E-state index contributed by atoms with van der Waals surface area (Å²) in [6, 6.07) is 9.60. The fraction of sp³-hybridized carbons (Fsp3) is 0. The minimum absolute atomic E-state index is 0.636. The minimum atomic E-state index is 0.636. The molecule has 1 aromatic heterocycles. The van der Waals surface area contributed by atoms with Crippen LogP contribution in [0.4, 0.5) is 5.69 Å². The lowest BCUT2D eigenvalue weighted by Gasteiger charge is -1.88. The summed E-state index contributed by atoms with van der Waals surface area (Å²) < 4.78 is 0. The fourth-order valence-corrected chi connectivity index (χ4v) is 1.00. The summed E-state index contributed by atoms with van der Waals surface area (Å²) in [5.74, 6) is 5.33. The molecule has 0 fully saturated rings. The Labute approximate surface area is 80.9 Å². The van der Waals surface area contributed by atoms with E-state index in [1.165, 1.54) is 0 Å². The van der Waals surface area contributed by atoms with E-state index in [0.29, 0.717) is 5.69 Å². The number of benzene rings is 1. The maximum absolute atomic E-state index is 5.33. The number of aliphatic imine (C=N–C) groups is 1. The van der Waals surface area contributed by atoms with Gasteiger partial charge in [-0.15, -0.1) is 5.10 Å². The van der Waals surface area contributed by atoms with E-state index in [1.807, 2.05) is 30.3 Å². The third-order valence-electron chi connectivity index (χ3n) is 1.63. The van der Waals surface area contributed by atoms with E-state index in [4.69, 9.17) is 5.84 Å². The number of rotatable bonds is 2. The Morgan fingerprint density at radius 1 is 1.29 bits per heavy atom. The van der Waals surface area contributed by atoms with Gasteiger partial charge in [-0.1, -0.05) is 18.2 Å². The van der Waals surface area contributed by atoms with Crippen molar-refractivity contribution in [1.82, 2.24) is 15.1 Å². The van der Waals surface area contributed by atoms with Crippen molar-refractivity contribution in [3.63, 3.8) is 0 Å². The van der Waals surface area contributed by atoms with Crippen LogP contribution in [0.5, 0.6) is 0 Å². The van der Waals surface area contributed by atoms with Crippen LogP contribution in [0.2, 0.25) is 0 Å². The van der Waals surface area contributed by atoms with Crippen LogP contribution in [0.15, 0.2) is 41.5 Å². The Morgan fingerprint density at radius 2 is 2.07 bits per heavy atom. The van der Waals surface area contributed by atoms with Crippen molar-refractivity contribution in [2.45, 2.75) is 0 Å². The molecular formula is C9H9N5. The van der Waals surface area contributed by atoms with Crippen LogP contribution in [0.25, 0.3) is 0 Å². The van der Waals surface area contributed by atoms with E-state index in [-0.39, 0.29) is 0 Å². The lowest BCUT2D eigenvalue weighted by Crippen LogP contribution is -2.07. The van der Waals surface area contributed by atoms with Gasteiger partial charge in [-0.2, -0.15) is 4.79 Å². The van der Waals surface area contributed by atoms with Gasteiger partial charge in [-0.05, 0) is 17.3 Å². The van der Waals surface area contributed by atoms with Crippen LogP contribution in [0.3, 0.4) is 0 Å². The van der Waals surface area contributed by atoms with E-state index >= 15 is 0 Å². The fourth-order valence-electron chi connectivity index (χ4n) is 1.00. The maximum Gasteiger partial charge on any atom is 0.126 e. The molecule has 0 bridgehead atoms. The van der Waals surface area contributed by atoms with Gasteiger partial charge in [-0.25, -0.2) is 0 Å². The zero-order valence-corrected chi connectivity index (χ0v) is 7.41. The normalized spacial score (nSPS) is 10.9. The Bertz CT molecular complexity index is 431. The number of nitrogens with zero attached hydrogens (tertiary/aromatic N) is 4. The van der Waals surface area contributed by atoms with E-state index in [0.717, 1.165) is 10.5 Å². The SMILES string of the molecule is Nn1cc(C=Nc2ccccc2)nn1. The molecule has 1 aromatic carbocycles. The van der Waals surface area contributed by atoms with Crippen LogP contribution in [-0.2, 0) is 0 Å². The number of hydrogen-bond donors (Lipinski definition) is 1. The molecule has 0 saturated carbocycles. The van der Waals surface area contributed by atoms with Gasteiger partial charge in [0.1, 0.15) is 5.69 Å². The Balaban J connectivity index is 2.15. The first kappa shape index (κ1) is 8.43. The molecule has 70 valence electrons. The Hall–Kier alpha value is -2.17. The standard InChI is InChI=1S/C9H9N5/c10-14-7-9(12-13-14)6-11-8-4-2-1-3-5-8/h1-7H,10H2. The Kier molecular flexibility index (Phi) is 2.22. The van der Waals surface area contributed by atoms with Gasteiger partial charge in [0.15, 0.2) is 0 Å². The van der Waals surface area contributed by atoms with E-state index < -0.39 is 0 Å². The summed E-state index contributed by atoms with van der Waals surface area (Å²) >= 11 is 0. The van der Waals surface area contributed by atoms with Gasteiger partial charge in [-0.3, -0.25) is 4.99 Å². The predicted octanol–water partition coefficient (Wildman–Crippen LogP) is 0.742. The van der Waals surface area contributed by atoms with Crippen molar-refractivity contribution in [3.8, 4) is 0 Å². The zero-order chi connectivity index (χ0) is 9.80. The molecule has 0 saturated heterocycles. The number of hydrogen-bond acceptors (Lipinski definition) is 4. The van der Waals surface area contributed by atoms with E-state index in [2.05, 4.69) is 15.3 Å². The first-order valence-electron chi connectivity index (χ1n) is 4.11. The molecule has 5 heteroatoms. The highest BCUT2D eigenvalue weighted by Crippen LogP contribution is 2.08. The Morgan fingerprint density at radius 3 is 2.71 bits per heavy atom. The highest BCUT2D eigenvalue weighted by atomic mass is 15.6. The summed E-state index contributed by atoms with van der Waals surface area (Å²) in [4.78, 5) is 5.34. The number of nitrogen functional groups attached to an aromatic ring is 1. The molecule has 0 amide bonds. The molecular weight excluding hydrogens is 178 g/mol. The van der Waals surface area contributed by atoms with Crippen LogP contribution in [0.1, 0.15) is 5.69 Å². The topological polar surface area (TPSA) is 69.1 Å². The molecule has 0 spiro atoms. The first-order valence-corrected chi connectivity index (χ1v) is 4.11. The lowest BCUT2D eigenvalue weighted by molar-refractivity contribution is 0.765. The molecule has 0 aliphatic rings. The maximum atomic E-state index is 5.33. The van der Waals surface area contributed by atoms with Crippen LogP contribution < -0.4 is 5.84 Å². The highest BCUT2D eigenvalue weighted by molar-refractivity contribution is 5.78. The molecule has 0 unspecified atom stereocenters. The van der Waals surface area contributed by atoms with Crippen molar-refractivity contribution >= 4 is 11.9 Å². The molecule has 2 rings (SSSR count). The largest absolute Gasteiger partial charge is 0.322 e. The van der Waals surface area contributed by atoms with E-state index in [1.54, 1.807) is 12.4 Å². The second kappa shape index (κ2) is 3.69. The highest BCUT2D eigenvalue weighted by Gasteiger charge is 1.92. The lowest BCUT2D eigenvalue weighted by atomic mass is 10.3. The first-order chi connectivity index (χ1) is 6.84. The summed E-state index contributed by atoms with van der Waals surface area (Å²) in [6.45, 7) is 0. The van der Waals surface area contributed by atoms with Crippen molar-refractivity contribution in [2.24, 2.45) is 4.99 Å². The third-order valence-corrected chi connectivity index (χ3v) is 1.63. The quantitative estimate of drug-likeness (QED) is 0.557. The molecule has 0 aliphatic heterocycles. The van der Waals surface area contributed by atoms with Crippen LogP contribution in [0, 0.1) is 0 Å². The van der Waals surface area contributed by atoms with Crippen molar-refractivity contribution < 1.29 is 0 Å². The number of para-hydroxylation sites is 1. The van der Waals surface area contributed by atoms with Crippen LogP contribution >= 0.6 is 0 Å². The van der Waals surface area contributed by atoms with Gasteiger partial charge in [0.25, 0.3) is 0 Å². The van der Waals surface area contributed by atoms with Crippen molar-refractivity contribution in [3.05, 3.63) is 42.2 Å². The second-order valence-corrected chi connectivity index (χ2v) is 2.72. The van der Waals surface area contributed by atoms with Gasteiger partial charge in [0.05, 0.1) is 18.1 Å². The predicted molar refractivity (Wildman–Crippen MR) is 53.9 cm³/mol. The average molecular weight is 187 g/mol. The number of aromatic nitrogens is 3. The molecule has 14 heavy (non-hydrogen) atoms. The molecule has 0 radical (unpaired) electrons. The monoisotopic (exact) mass is 187 g/mol. The smallest absolute Gasteiger partial charge is 0.126 e. The summed E-state index contributed by atoms with van der Waals surface area (Å²) in [5.41, 5.74) is 1.51. The molecule has 1 heterocycles. The molecule has 0 aliphatic carbocycles. The van der Waals surface area contributed by atoms with Crippen molar-refractivity contribution in [2.75, 3.05) is 5.84 Å².